The Hall–Kier alpha value is -3.51. The van der Waals surface area contributed by atoms with Gasteiger partial charge in [-0.1, -0.05) is 74.9 Å². The second-order valence-corrected chi connectivity index (χ2v) is 11.4. The van der Waals surface area contributed by atoms with Gasteiger partial charge in [-0.2, -0.15) is 0 Å². The van der Waals surface area contributed by atoms with Gasteiger partial charge in [-0.05, 0) is 47.8 Å². The highest BCUT2D eigenvalue weighted by Gasteiger charge is 2.39. The summed E-state index contributed by atoms with van der Waals surface area (Å²) < 4.78 is 5.87. The minimum Gasteiger partial charge on any atom is -0.466 e. The number of pyridine rings is 1. The molecule has 4 aromatic rings. The second kappa shape index (κ2) is 9.75. The number of nitrogens with zero attached hydrogens (tertiary/aromatic N) is 3. The monoisotopic (exact) mass is 509 g/mol. The molecule has 1 saturated carbocycles. The van der Waals surface area contributed by atoms with E-state index in [-0.39, 0.29) is 12.5 Å². The third-order valence-corrected chi connectivity index (χ3v) is 8.30. The van der Waals surface area contributed by atoms with E-state index in [2.05, 4.69) is 61.3 Å². The molecule has 0 radical (unpaired) electrons. The first-order valence-electron chi connectivity index (χ1n) is 13.0. The highest BCUT2D eigenvalue weighted by molar-refractivity contribution is 7.07. The number of carbonyl (C=O) groups is 1. The Bertz CT molecular complexity index is 1390. The van der Waals surface area contributed by atoms with Crippen LogP contribution in [0.25, 0.3) is 22.4 Å². The lowest BCUT2D eigenvalue weighted by atomic mass is 9.61. The van der Waals surface area contributed by atoms with E-state index in [1.165, 1.54) is 42.6 Å². The van der Waals surface area contributed by atoms with Crippen LogP contribution in [0.1, 0.15) is 50.8 Å². The predicted molar refractivity (Wildman–Crippen MR) is 149 cm³/mol. The fraction of sp³-hybridized carbons (Fsp3) is 0.323. The summed E-state index contributed by atoms with van der Waals surface area (Å²) in [5.41, 5.74) is 9.04. The quantitative estimate of drug-likeness (QED) is 0.263. The summed E-state index contributed by atoms with van der Waals surface area (Å²) in [6.45, 7) is 5.02. The highest BCUT2D eigenvalue weighted by atomic mass is 32.1. The molecule has 0 bridgehead atoms. The van der Waals surface area contributed by atoms with Crippen LogP contribution in [0.2, 0.25) is 0 Å². The van der Waals surface area contributed by atoms with Crippen LogP contribution in [-0.4, -0.2) is 22.5 Å². The first kappa shape index (κ1) is 23.9. The SMILES string of the molecule is CC(C)CC1(c2ccc(-c3nc4c(cc3-c3ccccc3)N(Cc3cscn3)C(=O)CO4)cc2)CCC1. The Morgan fingerprint density at radius 3 is 2.49 bits per heavy atom. The molecule has 2 aromatic carbocycles. The van der Waals surface area contributed by atoms with E-state index in [0.29, 0.717) is 29.4 Å². The van der Waals surface area contributed by atoms with Crippen molar-refractivity contribution < 1.29 is 9.53 Å². The lowest BCUT2D eigenvalue weighted by Crippen LogP contribution is -2.38. The van der Waals surface area contributed by atoms with Gasteiger partial charge >= 0.3 is 0 Å². The number of amides is 1. The van der Waals surface area contributed by atoms with Gasteiger partial charge in [0.2, 0.25) is 5.88 Å². The summed E-state index contributed by atoms with van der Waals surface area (Å²) >= 11 is 1.53. The minimum atomic E-state index is -0.0886. The van der Waals surface area contributed by atoms with Crippen molar-refractivity contribution in [3.8, 4) is 28.3 Å². The Kier molecular flexibility index (Phi) is 6.29. The van der Waals surface area contributed by atoms with Gasteiger partial charge in [-0.15, -0.1) is 11.3 Å². The molecule has 1 fully saturated rings. The average molecular weight is 510 g/mol. The number of ether oxygens (including phenoxy) is 1. The third-order valence-electron chi connectivity index (χ3n) is 7.66. The molecule has 5 nitrogen and oxygen atoms in total. The second-order valence-electron chi connectivity index (χ2n) is 10.6. The zero-order chi connectivity index (χ0) is 25.4. The van der Waals surface area contributed by atoms with Crippen LogP contribution in [0, 0.1) is 5.92 Å². The first-order valence-corrected chi connectivity index (χ1v) is 14.0. The molecule has 0 saturated heterocycles. The van der Waals surface area contributed by atoms with Gasteiger partial charge in [0.05, 0.1) is 23.4 Å². The number of hydrogen-bond donors (Lipinski definition) is 0. The van der Waals surface area contributed by atoms with Crippen LogP contribution in [0.3, 0.4) is 0 Å². The van der Waals surface area contributed by atoms with Crippen molar-refractivity contribution in [3.05, 3.63) is 82.8 Å². The van der Waals surface area contributed by atoms with Gasteiger partial charge in [-0.3, -0.25) is 9.69 Å². The van der Waals surface area contributed by atoms with Crippen molar-refractivity contribution in [2.75, 3.05) is 11.5 Å². The van der Waals surface area contributed by atoms with Crippen molar-refractivity contribution in [2.45, 2.75) is 51.5 Å². The lowest BCUT2D eigenvalue weighted by molar-refractivity contribution is -0.121. The van der Waals surface area contributed by atoms with Gasteiger partial charge in [0.15, 0.2) is 6.61 Å². The van der Waals surface area contributed by atoms with Gasteiger partial charge < -0.3 is 4.74 Å². The number of aromatic nitrogens is 2. The molecule has 6 rings (SSSR count). The molecule has 1 aliphatic heterocycles. The van der Waals surface area contributed by atoms with Crippen LogP contribution >= 0.6 is 11.3 Å². The fourth-order valence-electron chi connectivity index (χ4n) is 5.81. The molecule has 0 atom stereocenters. The van der Waals surface area contributed by atoms with Crippen LogP contribution in [0.5, 0.6) is 5.88 Å². The molecule has 3 heterocycles. The largest absolute Gasteiger partial charge is 0.466 e. The number of rotatable bonds is 7. The topological polar surface area (TPSA) is 55.3 Å². The number of hydrogen-bond acceptors (Lipinski definition) is 5. The van der Waals surface area contributed by atoms with Crippen molar-refractivity contribution in [2.24, 2.45) is 5.92 Å². The molecule has 2 aliphatic rings. The van der Waals surface area contributed by atoms with Crippen molar-refractivity contribution in [3.63, 3.8) is 0 Å². The van der Waals surface area contributed by atoms with Gasteiger partial charge in [0.1, 0.15) is 5.69 Å². The van der Waals surface area contributed by atoms with Crippen LogP contribution < -0.4 is 9.64 Å². The smallest absolute Gasteiger partial charge is 0.265 e. The number of fused-ring (bicyclic) bond motifs is 1. The van der Waals surface area contributed by atoms with Gasteiger partial charge in [0.25, 0.3) is 5.91 Å². The summed E-state index contributed by atoms with van der Waals surface area (Å²) in [7, 11) is 0. The van der Waals surface area contributed by atoms with Crippen molar-refractivity contribution in [1.29, 1.82) is 0 Å². The molecule has 0 N–H and O–H groups in total. The van der Waals surface area contributed by atoms with Crippen molar-refractivity contribution >= 4 is 22.9 Å². The predicted octanol–water partition coefficient (Wildman–Crippen LogP) is 7.27. The number of carbonyl (C=O) groups excluding carboxylic acids is 1. The molecule has 2 aromatic heterocycles. The number of benzene rings is 2. The maximum absolute atomic E-state index is 12.9. The molecule has 1 amide bonds. The van der Waals surface area contributed by atoms with E-state index in [0.717, 1.165) is 28.1 Å². The summed E-state index contributed by atoms with van der Waals surface area (Å²) in [6.07, 6.45) is 5.09. The van der Waals surface area contributed by atoms with Crippen LogP contribution in [0.4, 0.5) is 5.69 Å². The fourth-order valence-corrected chi connectivity index (χ4v) is 6.36. The standard InChI is InChI=1S/C31H31N3O2S/c1-21(2)16-31(13-6-14-31)24-11-9-23(10-12-24)29-26(22-7-4-3-5-8-22)15-27-30(33-29)36-18-28(35)34(27)17-25-19-37-20-32-25/h3-5,7-12,15,19-21H,6,13-14,16-18H2,1-2H3. The third kappa shape index (κ3) is 4.55. The molecule has 1 aliphatic carbocycles. The van der Waals surface area contributed by atoms with Crippen molar-refractivity contribution in [1.82, 2.24) is 9.97 Å². The maximum Gasteiger partial charge on any atom is 0.265 e. The zero-order valence-electron chi connectivity index (χ0n) is 21.3. The Morgan fingerprint density at radius 1 is 1.05 bits per heavy atom. The molecular weight excluding hydrogens is 478 g/mol. The highest BCUT2D eigenvalue weighted by Crippen LogP contribution is 2.49. The van der Waals surface area contributed by atoms with Gasteiger partial charge in [0, 0.05) is 16.5 Å². The zero-order valence-corrected chi connectivity index (χ0v) is 22.1. The molecular formula is C31H31N3O2S. The number of anilines is 1. The van der Waals surface area contributed by atoms with E-state index in [1.807, 2.05) is 23.6 Å². The summed E-state index contributed by atoms with van der Waals surface area (Å²) in [5, 5.41) is 1.97. The number of thiazole rings is 1. The Morgan fingerprint density at radius 2 is 1.84 bits per heavy atom. The Balaban J connectivity index is 1.43. The molecule has 0 unspecified atom stereocenters. The molecule has 37 heavy (non-hydrogen) atoms. The summed E-state index contributed by atoms with van der Waals surface area (Å²) in [6, 6.07) is 21.3. The normalized spacial score (nSPS) is 16.3. The van der Waals surface area contributed by atoms with Gasteiger partial charge in [-0.25, -0.2) is 9.97 Å². The van der Waals surface area contributed by atoms with E-state index >= 15 is 0 Å². The molecule has 0 spiro atoms. The molecule has 188 valence electrons. The van der Waals surface area contributed by atoms with E-state index < -0.39 is 0 Å². The first-order chi connectivity index (χ1) is 18.0. The van der Waals surface area contributed by atoms with E-state index in [9.17, 15) is 4.79 Å². The average Bonchev–Trinajstić information content (AvgIpc) is 3.41. The van der Waals surface area contributed by atoms with Crippen LogP contribution in [0.15, 0.2) is 71.6 Å². The summed E-state index contributed by atoms with van der Waals surface area (Å²) in [4.78, 5) is 24.0. The van der Waals surface area contributed by atoms with E-state index in [1.54, 1.807) is 10.4 Å². The lowest BCUT2D eigenvalue weighted by Gasteiger charge is -2.44. The molecule has 6 heteroatoms. The minimum absolute atomic E-state index is 0.0229. The maximum atomic E-state index is 12.9. The summed E-state index contributed by atoms with van der Waals surface area (Å²) in [5.74, 6) is 1.08. The Labute approximate surface area is 222 Å². The van der Waals surface area contributed by atoms with E-state index in [4.69, 9.17) is 9.72 Å². The van der Waals surface area contributed by atoms with Crippen LogP contribution in [-0.2, 0) is 16.8 Å².